The predicted molar refractivity (Wildman–Crippen MR) is 95.4 cm³/mol. The fourth-order valence-corrected chi connectivity index (χ4v) is 2.25. The quantitative estimate of drug-likeness (QED) is 0.608. The fourth-order valence-electron chi connectivity index (χ4n) is 1.80. The van der Waals surface area contributed by atoms with E-state index in [1.807, 2.05) is 6.07 Å². The molecule has 0 aliphatic rings. The summed E-state index contributed by atoms with van der Waals surface area (Å²) in [6.45, 7) is 0. The average molecular weight is 362 g/mol. The number of benzene rings is 2. The van der Waals surface area contributed by atoms with E-state index in [-0.39, 0.29) is 10.6 Å². The lowest BCUT2D eigenvalue weighted by molar-refractivity contribution is -0.112. The summed E-state index contributed by atoms with van der Waals surface area (Å²) in [5, 5.41) is 15.4. The van der Waals surface area contributed by atoms with Crippen LogP contribution < -0.4 is 15.4 Å². The third-order valence-corrected chi connectivity index (χ3v) is 3.55. The highest BCUT2D eigenvalue weighted by Crippen LogP contribution is 2.25. The summed E-state index contributed by atoms with van der Waals surface area (Å²) < 4.78 is 5.11. The van der Waals surface area contributed by atoms with Crippen molar-refractivity contribution in [3.8, 4) is 11.8 Å². The number of methoxy groups -OCH3 is 1. The first-order valence-corrected chi connectivity index (χ1v) is 7.56. The van der Waals surface area contributed by atoms with Gasteiger partial charge in [0.25, 0.3) is 5.91 Å². The Morgan fingerprint density at radius 2 is 2.04 bits per heavy atom. The normalized spacial score (nSPS) is 10.7. The van der Waals surface area contributed by atoms with Gasteiger partial charge in [0.15, 0.2) is 0 Å². The number of anilines is 2. The molecule has 0 atom stereocenters. The molecular weight excluding hydrogens is 349 g/mol. The van der Waals surface area contributed by atoms with Crippen molar-refractivity contribution in [3.63, 3.8) is 0 Å². The summed E-state index contributed by atoms with van der Waals surface area (Å²) in [6, 6.07) is 13.6. The largest absolute Gasteiger partial charge is 0.497 e. The predicted octanol–water partition coefficient (Wildman–Crippen LogP) is 4.46. The number of halogens is 2. The molecule has 122 valence electrons. The number of hydrogen-bond acceptors (Lipinski definition) is 4. The molecule has 2 rings (SSSR count). The highest BCUT2D eigenvalue weighted by Gasteiger charge is 2.11. The lowest BCUT2D eigenvalue weighted by Gasteiger charge is -2.08. The van der Waals surface area contributed by atoms with Crippen LogP contribution in [0.15, 0.2) is 54.2 Å². The Bertz CT molecular complexity index is 829. The van der Waals surface area contributed by atoms with E-state index in [0.29, 0.717) is 22.1 Å². The zero-order valence-electron chi connectivity index (χ0n) is 12.6. The molecule has 0 bridgehead atoms. The van der Waals surface area contributed by atoms with Gasteiger partial charge >= 0.3 is 0 Å². The number of hydrogen-bond donors (Lipinski definition) is 2. The van der Waals surface area contributed by atoms with Crippen LogP contribution in [0.1, 0.15) is 0 Å². The number of rotatable bonds is 5. The Labute approximate surface area is 149 Å². The molecule has 0 aliphatic carbocycles. The Balaban J connectivity index is 2.12. The molecule has 0 radical (unpaired) electrons. The van der Waals surface area contributed by atoms with Crippen molar-refractivity contribution in [2.45, 2.75) is 0 Å². The maximum Gasteiger partial charge on any atom is 0.267 e. The Morgan fingerprint density at radius 3 is 2.71 bits per heavy atom. The second-order valence-corrected chi connectivity index (χ2v) is 5.47. The molecular formula is C17H13Cl2N3O2. The lowest BCUT2D eigenvalue weighted by Crippen LogP contribution is -2.14. The second-order valence-electron chi connectivity index (χ2n) is 4.62. The minimum absolute atomic E-state index is 0.108. The number of nitrogens with one attached hydrogen (secondary N) is 2. The molecule has 2 N–H and O–H groups in total. The van der Waals surface area contributed by atoms with Crippen molar-refractivity contribution in [2.24, 2.45) is 0 Å². The van der Waals surface area contributed by atoms with Crippen LogP contribution in [0.3, 0.4) is 0 Å². The second kappa shape index (κ2) is 8.25. The van der Waals surface area contributed by atoms with E-state index in [9.17, 15) is 4.79 Å². The third-order valence-electron chi connectivity index (χ3n) is 3.00. The van der Waals surface area contributed by atoms with Gasteiger partial charge in [-0.05, 0) is 30.3 Å². The number of amides is 1. The first-order valence-electron chi connectivity index (χ1n) is 6.80. The molecule has 0 aliphatic heterocycles. The molecule has 0 saturated carbocycles. The summed E-state index contributed by atoms with van der Waals surface area (Å²) in [6.07, 6.45) is 1.31. The smallest absolute Gasteiger partial charge is 0.267 e. The van der Waals surface area contributed by atoms with Gasteiger partial charge in [0, 0.05) is 23.0 Å². The van der Waals surface area contributed by atoms with E-state index >= 15 is 0 Å². The van der Waals surface area contributed by atoms with Crippen molar-refractivity contribution in [1.29, 1.82) is 5.26 Å². The SMILES string of the molecule is COc1cccc(N/C=C(/C#N)C(=O)Nc2ccc(Cl)cc2Cl)c1. The molecule has 7 heteroatoms. The third kappa shape index (κ3) is 4.66. The van der Waals surface area contributed by atoms with E-state index in [1.165, 1.54) is 12.3 Å². The number of nitrogens with zero attached hydrogens (tertiary/aromatic N) is 1. The van der Waals surface area contributed by atoms with Crippen LogP contribution in [0, 0.1) is 11.3 Å². The van der Waals surface area contributed by atoms with Crippen molar-refractivity contribution in [3.05, 3.63) is 64.3 Å². The summed E-state index contributed by atoms with van der Waals surface area (Å²) in [5.74, 6) is 0.0708. The lowest BCUT2D eigenvalue weighted by atomic mass is 10.2. The zero-order valence-corrected chi connectivity index (χ0v) is 14.2. The first kappa shape index (κ1) is 17.7. The fraction of sp³-hybridized carbons (Fsp3) is 0.0588. The minimum atomic E-state index is -0.586. The van der Waals surface area contributed by atoms with E-state index < -0.39 is 5.91 Å². The summed E-state index contributed by atoms with van der Waals surface area (Å²) in [4.78, 5) is 12.2. The van der Waals surface area contributed by atoms with Gasteiger partial charge in [0.1, 0.15) is 17.4 Å². The molecule has 2 aromatic carbocycles. The van der Waals surface area contributed by atoms with Crippen LogP contribution in [0.5, 0.6) is 5.75 Å². The van der Waals surface area contributed by atoms with Crippen LogP contribution in [0.2, 0.25) is 10.0 Å². The molecule has 2 aromatic rings. The van der Waals surface area contributed by atoms with Gasteiger partial charge in [-0.1, -0.05) is 29.3 Å². The van der Waals surface area contributed by atoms with Crippen LogP contribution in [-0.4, -0.2) is 13.0 Å². The van der Waals surface area contributed by atoms with E-state index in [4.69, 9.17) is 33.2 Å². The van der Waals surface area contributed by atoms with Crippen molar-refractivity contribution in [2.75, 3.05) is 17.7 Å². The molecule has 0 aromatic heterocycles. The van der Waals surface area contributed by atoms with Gasteiger partial charge in [0.05, 0.1) is 17.8 Å². The first-order chi connectivity index (χ1) is 11.5. The van der Waals surface area contributed by atoms with E-state index in [2.05, 4.69) is 10.6 Å². The molecule has 0 unspecified atom stereocenters. The van der Waals surface area contributed by atoms with Gasteiger partial charge in [-0.3, -0.25) is 4.79 Å². The standard InChI is InChI=1S/C17H13Cl2N3O2/c1-24-14-4-2-3-13(8-14)21-10-11(9-20)17(23)22-16-6-5-12(18)7-15(16)19/h2-8,10,21H,1H3,(H,22,23)/b11-10-. The van der Waals surface area contributed by atoms with Crippen molar-refractivity contribution in [1.82, 2.24) is 0 Å². The van der Waals surface area contributed by atoms with Crippen molar-refractivity contribution < 1.29 is 9.53 Å². The average Bonchev–Trinajstić information content (AvgIpc) is 2.58. The van der Waals surface area contributed by atoms with E-state index in [0.717, 1.165) is 0 Å². The monoisotopic (exact) mass is 361 g/mol. The van der Waals surface area contributed by atoms with Crippen LogP contribution in [0.25, 0.3) is 0 Å². The maximum absolute atomic E-state index is 12.2. The van der Waals surface area contributed by atoms with Gasteiger partial charge < -0.3 is 15.4 Å². The maximum atomic E-state index is 12.2. The molecule has 1 amide bonds. The highest BCUT2D eigenvalue weighted by molar-refractivity contribution is 6.36. The number of ether oxygens (including phenoxy) is 1. The molecule has 24 heavy (non-hydrogen) atoms. The van der Waals surface area contributed by atoms with Crippen LogP contribution >= 0.6 is 23.2 Å². The van der Waals surface area contributed by atoms with Gasteiger partial charge in [-0.25, -0.2) is 0 Å². The molecule has 0 fully saturated rings. The molecule has 0 spiro atoms. The van der Waals surface area contributed by atoms with Gasteiger partial charge in [-0.15, -0.1) is 0 Å². The number of carbonyl (C=O) groups excluding carboxylic acids is 1. The molecule has 5 nitrogen and oxygen atoms in total. The summed E-state index contributed by atoms with van der Waals surface area (Å²) in [7, 11) is 1.55. The topological polar surface area (TPSA) is 74.1 Å². The Kier molecular flexibility index (Phi) is 6.07. The molecule has 0 saturated heterocycles. The number of nitriles is 1. The molecule has 0 heterocycles. The minimum Gasteiger partial charge on any atom is -0.497 e. The van der Waals surface area contributed by atoms with Gasteiger partial charge in [0.2, 0.25) is 0 Å². The highest BCUT2D eigenvalue weighted by atomic mass is 35.5. The van der Waals surface area contributed by atoms with E-state index in [1.54, 1.807) is 43.5 Å². The van der Waals surface area contributed by atoms with Gasteiger partial charge in [-0.2, -0.15) is 5.26 Å². The Morgan fingerprint density at radius 1 is 1.25 bits per heavy atom. The zero-order chi connectivity index (χ0) is 17.5. The number of carbonyl (C=O) groups is 1. The van der Waals surface area contributed by atoms with Crippen LogP contribution in [0.4, 0.5) is 11.4 Å². The van der Waals surface area contributed by atoms with Crippen LogP contribution in [-0.2, 0) is 4.79 Å². The van der Waals surface area contributed by atoms with Crippen molar-refractivity contribution >= 4 is 40.5 Å². The summed E-state index contributed by atoms with van der Waals surface area (Å²) >= 11 is 11.8. The summed E-state index contributed by atoms with van der Waals surface area (Å²) in [5.41, 5.74) is 0.942. The Hall–Kier alpha value is -2.68.